The predicted octanol–water partition coefficient (Wildman–Crippen LogP) is 3.03. The van der Waals surface area contributed by atoms with Crippen molar-refractivity contribution < 1.29 is 0 Å². The van der Waals surface area contributed by atoms with Crippen molar-refractivity contribution in [3.8, 4) is 0 Å². The minimum absolute atomic E-state index is 0.944. The molecule has 1 aromatic heterocycles. The van der Waals surface area contributed by atoms with Crippen LogP contribution in [-0.2, 0) is 12.8 Å². The van der Waals surface area contributed by atoms with Crippen LogP contribution in [0.15, 0.2) is 23.4 Å². The standard InChI is InChI=1S/C13H17N3S/c1-9-5-6-10(2)12(7-9)8-17-13-15-14-11(3)16(13)4/h5-7H,8H2,1-4H3. The van der Waals surface area contributed by atoms with Crippen LogP contribution in [0, 0.1) is 20.8 Å². The number of hydrogen-bond donors (Lipinski definition) is 0. The number of benzene rings is 1. The van der Waals surface area contributed by atoms with Crippen LogP contribution < -0.4 is 0 Å². The Morgan fingerprint density at radius 3 is 2.59 bits per heavy atom. The molecule has 0 N–H and O–H groups in total. The lowest BCUT2D eigenvalue weighted by molar-refractivity contribution is 0.765. The van der Waals surface area contributed by atoms with Crippen molar-refractivity contribution in [1.29, 1.82) is 0 Å². The van der Waals surface area contributed by atoms with E-state index in [1.807, 2.05) is 18.5 Å². The molecule has 0 fully saturated rings. The molecule has 0 saturated heterocycles. The summed E-state index contributed by atoms with van der Waals surface area (Å²) in [5.74, 6) is 1.90. The normalized spacial score (nSPS) is 10.8. The number of thioether (sulfide) groups is 1. The first-order valence-corrected chi connectivity index (χ1v) is 6.61. The highest BCUT2D eigenvalue weighted by atomic mass is 32.2. The van der Waals surface area contributed by atoms with Crippen LogP contribution in [0.4, 0.5) is 0 Å². The van der Waals surface area contributed by atoms with Gasteiger partial charge in [-0.25, -0.2) is 0 Å². The molecule has 4 heteroatoms. The van der Waals surface area contributed by atoms with E-state index in [4.69, 9.17) is 0 Å². The molecule has 1 heterocycles. The first-order chi connectivity index (χ1) is 8.08. The fourth-order valence-electron chi connectivity index (χ4n) is 1.61. The Hall–Kier alpha value is -1.29. The van der Waals surface area contributed by atoms with Gasteiger partial charge in [0, 0.05) is 12.8 Å². The summed E-state index contributed by atoms with van der Waals surface area (Å²) in [7, 11) is 2.00. The summed E-state index contributed by atoms with van der Waals surface area (Å²) in [5.41, 5.74) is 4.01. The zero-order chi connectivity index (χ0) is 12.4. The van der Waals surface area contributed by atoms with Crippen LogP contribution in [0.2, 0.25) is 0 Å². The highest BCUT2D eigenvalue weighted by molar-refractivity contribution is 7.98. The molecule has 0 saturated carbocycles. The molecule has 17 heavy (non-hydrogen) atoms. The largest absolute Gasteiger partial charge is 0.309 e. The second-order valence-corrected chi connectivity index (χ2v) is 5.25. The monoisotopic (exact) mass is 247 g/mol. The predicted molar refractivity (Wildman–Crippen MR) is 71.2 cm³/mol. The maximum atomic E-state index is 4.16. The molecular weight excluding hydrogens is 230 g/mol. The maximum Gasteiger partial charge on any atom is 0.191 e. The molecule has 0 amide bonds. The van der Waals surface area contributed by atoms with E-state index in [1.165, 1.54) is 16.7 Å². The number of aryl methyl sites for hydroxylation is 3. The van der Waals surface area contributed by atoms with Crippen molar-refractivity contribution in [3.63, 3.8) is 0 Å². The van der Waals surface area contributed by atoms with Gasteiger partial charge in [-0.1, -0.05) is 35.5 Å². The van der Waals surface area contributed by atoms with E-state index in [2.05, 4.69) is 42.2 Å². The number of aromatic nitrogens is 3. The van der Waals surface area contributed by atoms with Crippen molar-refractivity contribution in [1.82, 2.24) is 14.8 Å². The fraction of sp³-hybridized carbons (Fsp3) is 0.385. The maximum absolute atomic E-state index is 4.16. The van der Waals surface area contributed by atoms with Gasteiger partial charge in [0.25, 0.3) is 0 Å². The summed E-state index contributed by atoms with van der Waals surface area (Å²) in [6, 6.07) is 6.56. The first-order valence-electron chi connectivity index (χ1n) is 5.63. The molecule has 1 aromatic carbocycles. The molecule has 90 valence electrons. The van der Waals surface area contributed by atoms with E-state index >= 15 is 0 Å². The SMILES string of the molecule is Cc1ccc(C)c(CSc2nnc(C)n2C)c1. The van der Waals surface area contributed by atoms with E-state index in [0.29, 0.717) is 0 Å². The van der Waals surface area contributed by atoms with Crippen LogP contribution in [0.25, 0.3) is 0 Å². The zero-order valence-corrected chi connectivity index (χ0v) is 11.5. The number of rotatable bonds is 3. The van der Waals surface area contributed by atoms with Crippen molar-refractivity contribution in [2.24, 2.45) is 7.05 Å². The molecule has 0 atom stereocenters. The summed E-state index contributed by atoms with van der Waals surface area (Å²) in [6.45, 7) is 6.24. The molecule has 3 nitrogen and oxygen atoms in total. The van der Waals surface area contributed by atoms with Crippen LogP contribution in [-0.4, -0.2) is 14.8 Å². The summed E-state index contributed by atoms with van der Waals surface area (Å²) < 4.78 is 2.02. The molecule has 2 rings (SSSR count). The molecule has 0 aliphatic rings. The van der Waals surface area contributed by atoms with Gasteiger partial charge in [-0.3, -0.25) is 0 Å². The van der Waals surface area contributed by atoms with E-state index in [1.54, 1.807) is 11.8 Å². The van der Waals surface area contributed by atoms with Gasteiger partial charge < -0.3 is 4.57 Å². The van der Waals surface area contributed by atoms with Crippen LogP contribution in [0.5, 0.6) is 0 Å². The minimum atomic E-state index is 0.944. The average Bonchev–Trinajstić information content (AvgIpc) is 2.62. The third-order valence-electron chi connectivity index (χ3n) is 2.91. The highest BCUT2D eigenvalue weighted by Crippen LogP contribution is 2.23. The molecule has 0 unspecified atom stereocenters. The Morgan fingerprint density at radius 1 is 1.18 bits per heavy atom. The van der Waals surface area contributed by atoms with Crippen molar-refractivity contribution in [3.05, 3.63) is 40.7 Å². The zero-order valence-electron chi connectivity index (χ0n) is 10.7. The number of hydrogen-bond acceptors (Lipinski definition) is 3. The van der Waals surface area contributed by atoms with Gasteiger partial charge in [-0.05, 0) is 31.9 Å². The molecule has 0 spiro atoms. The summed E-state index contributed by atoms with van der Waals surface area (Å²) in [6.07, 6.45) is 0. The van der Waals surface area contributed by atoms with E-state index in [-0.39, 0.29) is 0 Å². The van der Waals surface area contributed by atoms with E-state index < -0.39 is 0 Å². The summed E-state index contributed by atoms with van der Waals surface area (Å²) in [4.78, 5) is 0. The van der Waals surface area contributed by atoms with Crippen molar-refractivity contribution in [2.75, 3.05) is 0 Å². The van der Waals surface area contributed by atoms with E-state index in [9.17, 15) is 0 Å². The minimum Gasteiger partial charge on any atom is -0.309 e. The van der Waals surface area contributed by atoms with Gasteiger partial charge in [0.05, 0.1) is 0 Å². The van der Waals surface area contributed by atoms with Crippen LogP contribution in [0.3, 0.4) is 0 Å². The molecule has 0 aliphatic heterocycles. The first kappa shape index (κ1) is 12.2. The Balaban J connectivity index is 2.12. The van der Waals surface area contributed by atoms with Gasteiger partial charge in [-0.2, -0.15) is 0 Å². The molecule has 0 aliphatic carbocycles. The Kier molecular flexibility index (Phi) is 3.52. The molecular formula is C13H17N3S. The van der Waals surface area contributed by atoms with Gasteiger partial charge >= 0.3 is 0 Å². The fourth-order valence-corrected chi connectivity index (χ4v) is 2.63. The van der Waals surface area contributed by atoms with Crippen LogP contribution in [0.1, 0.15) is 22.5 Å². The van der Waals surface area contributed by atoms with Crippen molar-refractivity contribution in [2.45, 2.75) is 31.7 Å². The molecule has 0 bridgehead atoms. The quantitative estimate of drug-likeness (QED) is 0.781. The molecule has 0 radical (unpaired) electrons. The van der Waals surface area contributed by atoms with Gasteiger partial charge in [0.1, 0.15) is 5.82 Å². The average molecular weight is 247 g/mol. The third-order valence-corrected chi connectivity index (χ3v) is 3.98. The second kappa shape index (κ2) is 4.92. The van der Waals surface area contributed by atoms with Crippen LogP contribution >= 0.6 is 11.8 Å². The topological polar surface area (TPSA) is 30.7 Å². The highest BCUT2D eigenvalue weighted by Gasteiger charge is 2.07. The van der Waals surface area contributed by atoms with Gasteiger partial charge in [0.15, 0.2) is 5.16 Å². The Morgan fingerprint density at radius 2 is 1.94 bits per heavy atom. The van der Waals surface area contributed by atoms with Crippen molar-refractivity contribution >= 4 is 11.8 Å². The Bertz CT molecular complexity index is 531. The lowest BCUT2D eigenvalue weighted by Gasteiger charge is -2.06. The smallest absolute Gasteiger partial charge is 0.191 e. The van der Waals surface area contributed by atoms with Gasteiger partial charge in [-0.15, -0.1) is 10.2 Å². The lowest BCUT2D eigenvalue weighted by atomic mass is 10.1. The summed E-state index contributed by atoms with van der Waals surface area (Å²) in [5, 5.41) is 9.19. The van der Waals surface area contributed by atoms with Gasteiger partial charge in [0.2, 0.25) is 0 Å². The third kappa shape index (κ3) is 2.69. The Labute approximate surface area is 106 Å². The number of nitrogens with zero attached hydrogens (tertiary/aromatic N) is 3. The van der Waals surface area contributed by atoms with E-state index in [0.717, 1.165) is 16.7 Å². The molecule has 2 aromatic rings. The summed E-state index contributed by atoms with van der Waals surface area (Å²) >= 11 is 1.73. The lowest BCUT2D eigenvalue weighted by Crippen LogP contribution is -1.94. The second-order valence-electron chi connectivity index (χ2n) is 4.31.